The zero-order valence-electron chi connectivity index (χ0n) is 11.4. The quantitative estimate of drug-likeness (QED) is 0.854. The van der Waals surface area contributed by atoms with Gasteiger partial charge in [0.1, 0.15) is 5.15 Å². The van der Waals surface area contributed by atoms with Crippen molar-refractivity contribution in [3.63, 3.8) is 0 Å². The lowest BCUT2D eigenvalue weighted by Crippen LogP contribution is -2.46. The van der Waals surface area contributed by atoms with Crippen molar-refractivity contribution in [2.24, 2.45) is 0 Å². The Bertz CT molecular complexity index is 564. The fourth-order valence-corrected chi connectivity index (χ4v) is 3.02. The molecule has 1 fully saturated rings. The third-order valence-electron chi connectivity index (χ3n) is 3.82. The largest absolute Gasteiger partial charge is 0.329 e. The van der Waals surface area contributed by atoms with Gasteiger partial charge in [-0.2, -0.15) is 0 Å². The maximum absolute atomic E-state index is 12.4. The molecule has 0 amide bonds. The third-order valence-corrected chi connectivity index (χ3v) is 4.15. The third kappa shape index (κ3) is 2.77. The van der Waals surface area contributed by atoms with E-state index in [0.29, 0.717) is 12.0 Å². The first-order valence-electron chi connectivity index (χ1n) is 6.84. The molecule has 5 nitrogen and oxygen atoms in total. The molecule has 19 heavy (non-hydrogen) atoms. The molecule has 0 spiro atoms. The van der Waals surface area contributed by atoms with Crippen molar-refractivity contribution in [2.45, 2.75) is 39.2 Å². The van der Waals surface area contributed by atoms with Gasteiger partial charge in [-0.3, -0.25) is 14.3 Å². The molecule has 2 rings (SSSR count). The molecule has 0 radical (unpaired) electrons. The molecule has 0 aromatic carbocycles. The molecule has 1 atom stereocenters. The van der Waals surface area contributed by atoms with Crippen LogP contribution < -0.4 is 11.2 Å². The Morgan fingerprint density at radius 1 is 1.37 bits per heavy atom. The van der Waals surface area contributed by atoms with E-state index in [1.165, 1.54) is 4.57 Å². The van der Waals surface area contributed by atoms with Gasteiger partial charge in [-0.05, 0) is 32.4 Å². The van der Waals surface area contributed by atoms with Gasteiger partial charge in [-0.15, -0.1) is 0 Å². The smallest absolute Gasteiger partial charge is 0.302 e. The summed E-state index contributed by atoms with van der Waals surface area (Å²) in [4.78, 5) is 29.3. The van der Waals surface area contributed by atoms with E-state index in [-0.39, 0.29) is 16.8 Å². The minimum atomic E-state index is -0.393. The molecule has 0 aliphatic carbocycles. The lowest BCUT2D eigenvalue weighted by molar-refractivity contribution is 0.180. The van der Waals surface area contributed by atoms with E-state index in [0.717, 1.165) is 32.5 Å². The van der Waals surface area contributed by atoms with Gasteiger partial charge < -0.3 is 4.90 Å². The van der Waals surface area contributed by atoms with Crippen LogP contribution in [0.1, 0.15) is 38.3 Å². The highest BCUT2D eigenvalue weighted by atomic mass is 35.5. The van der Waals surface area contributed by atoms with Crippen LogP contribution in [0, 0.1) is 0 Å². The number of hydrogen-bond donors (Lipinski definition) is 1. The first-order chi connectivity index (χ1) is 9.08. The fraction of sp³-hybridized carbons (Fsp3) is 0.692. The Hall–Kier alpha value is -1.07. The molecule has 2 heterocycles. The van der Waals surface area contributed by atoms with Gasteiger partial charge in [-0.25, -0.2) is 4.79 Å². The summed E-state index contributed by atoms with van der Waals surface area (Å²) in [6, 6.07) is -0.0486. The zero-order valence-corrected chi connectivity index (χ0v) is 12.2. The van der Waals surface area contributed by atoms with Crippen LogP contribution in [0.2, 0.25) is 5.15 Å². The van der Waals surface area contributed by atoms with Crippen molar-refractivity contribution < 1.29 is 0 Å². The van der Waals surface area contributed by atoms with Crippen LogP contribution in [0.5, 0.6) is 0 Å². The standard InChI is InChI=1S/C13H20ClN3O2/c1-3-10-11(14)15-13(19)17(12(10)18)9-6-5-7-16(4-2)8-9/h9H,3-8H2,1-2H3,(H,15,19). The molecular formula is C13H20ClN3O2. The molecule has 1 aromatic heterocycles. The second-order valence-corrected chi connectivity index (χ2v) is 5.32. The number of halogens is 1. The van der Waals surface area contributed by atoms with Gasteiger partial charge in [0.2, 0.25) is 0 Å². The van der Waals surface area contributed by atoms with Crippen LogP contribution in [-0.4, -0.2) is 34.1 Å². The monoisotopic (exact) mass is 285 g/mol. The topological polar surface area (TPSA) is 58.1 Å². The van der Waals surface area contributed by atoms with Crippen molar-refractivity contribution in [1.29, 1.82) is 0 Å². The predicted molar refractivity (Wildman–Crippen MR) is 76.1 cm³/mol. The predicted octanol–water partition coefficient (Wildman–Crippen LogP) is 1.41. The van der Waals surface area contributed by atoms with Crippen LogP contribution in [0.15, 0.2) is 9.59 Å². The van der Waals surface area contributed by atoms with Crippen LogP contribution in [-0.2, 0) is 6.42 Å². The number of hydrogen-bond acceptors (Lipinski definition) is 3. The SMILES string of the molecule is CCc1c(Cl)[nH]c(=O)n(C2CCCN(CC)C2)c1=O. The molecule has 106 valence electrons. The van der Waals surface area contributed by atoms with Crippen molar-refractivity contribution in [1.82, 2.24) is 14.5 Å². The van der Waals surface area contributed by atoms with E-state index in [1.54, 1.807) is 0 Å². The van der Waals surface area contributed by atoms with E-state index < -0.39 is 5.69 Å². The number of aromatic amines is 1. The van der Waals surface area contributed by atoms with Gasteiger partial charge in [0.25, 0.3) is 5.56 Å². The van der Waals surface area contributed by atoms with Crippen molar-refractivity contribution >= 4 is 11.6 Å². The summed E-state index contributed by atoms with van der Waals surface area (Å²) in [5, 5.41) is 0.178. The first-order valence-corrected chi connectivity index (χ1v) is 7.21. The number of piperidine rings is 1. The van der Waals surface area contributed by atoms with Gasteiger partial charge in [0.05, 0.1) is 11.6 Å². The van der Waals surface area contributed by atoms with Gasteiger partial charge in [0.15, 0.2) is 0 Å². The first kappa shape index (κ1) is 14.3. The van der Waals surface area contributed by atoms with Gasteiger partial charge in [0, 0.05) is 6.54 Å². The highest BCUT2D eigenvalue weighted by Gasteiger charge is 2.24. The van der Waals surface area contributed by atoms with Crippen molar-refractivity contribution in [3.05, 3.63) is 31.6 Å². The summed E-state index contributed by atoms with van der Waals surface area (Å²) in [6.45, 7) is 6.69. The molecule has 6 heteroatoms. The lowest BCUT2D eigenvalue weighted by Gasteiger charge is -2.32. The van der Waals surface area contributed by atoms with E-state index in [2.05, 4.69) is 16.8 Å². The zero-order chi connectivity index (χ0) is 14.0. The Kier molecular flexibility index (Phi) is 4.47. The van der Waals surface area contributed by atoms with Gasteiger partial charge >= 0.3 is 5.69 Å². The maximum atomic E-state index is 12.4. The van der Waals surface area contributed by atoms with Crippen LogP contribution in [0.25, 0.3) is 0 Å². The minimum Gasteiger partial charge on any atom is -0.302 e. The highest BCUT2D eigenvalue weighted by Crippen LogP contribution is 2.19. The normalized spacial score (nSPS) is 20.7. The van der Waals surface area contributed by atoms with Crippen molar-refractivity contribution in [2.75, 3.05) is 19.6 Å². The summed E-state index contributed by atoms with van der Waals surface area (Å²) < 4.78 is 1.35. The number of rotatable bonds is 3. The Labute approximate surface area is 117 Å². The number of nitrogens with zero attached hydrogens (tertiary/aromatic N) is 2. The Morgan fingerprint density at radius 2 is 2.11 bits per heavy atom. The fourth-order valence-electron chi connectivity index (χ4n) is 2.73. The summed E-state index contributed by atoms with van der Waals surface area (Å²) in [5.74, 6) is 0. The number of likely N-dealkylation sites (N-methyl/N-ethyl adjacent to an activating group) is 1. The molecule has 1 N–H and O–H groups in total. The molecule has 1 saturated heterocycles. The second kappa shape index (κ2) is 5.92. The molecule has 0 bridgehead atoms. The average molecular weight is 286 g/mol. The molecule has 1 aromatic rings. The molecule has 1 unspecified atom stereocenters. The summed E-state index contributed by atoms with van der Waals surface area (Å²) in [5.41, 5.74) is -0.135. The number of likely N-dealkylation sites (tertiary alicyclic amines) is 1. The van der Waals surface area contributed by atoms with E-state index in [4.69, 9.17) is 11.6 Å². The van der Waals surface area contributed by atoms with Crippen LogP contribution in [0.3, 0.4) is 0 Å². The van der Waals surface area contributed by atoms with Gasteiger partial charge in [-0.1, -0.05) is 25.4 Å². The number of nitrogens with one attached hydrogen (secondary N) is 1. The maximum Gasteiger partial charge on any atom is 0.329 e. The van der Waals surface area contributed by atoms with E-state index >= 15 is 0 Å². The summed E-state index contributed by atoms with van der Waals surface area (Å²) >= 11 is 5.92. The minimum absolute atomic E-state index is 0.0486. The van der Waals surface area contributed by atoms with Crippen molar-refractivity contribution in [3.8, 4) is 0 Å². The molecule has 0 saturated carbocycles. The molecule has 1 aliphatic rings. The number of aromatic nitrogens is 2. The van der Waals surface area contributed by atoms with E-state index in [1.807, 2.05) is 6.92 Å². The Balaban J connectivity index is 2.45. The lowest BCUT2D eigenvalue weighted by atomic mass is 10.1. The summed E-state index contributed by atoms with van der Waals surface area (Å²) in [7, 11) is 0. The highest BCUT2D eigenvalue weighted by molar-refractivity contribution is 6.30. The van der Waals surface area contributed by atoms with Crippen LogP contribution in [0.4, 0.5) is 0 Å². The summed E-state index contributed by atoms with van der Waals surface area (Å²) in [6.07, 6.45) is 2.40. The second-order valence-electron chi connectivity index (χ2n) is 4.94. The molecular weight excluding hydrogens is 266 g/mol. The molecule has 1 aliphatic heterocycles. The number of H-pyrrole nitrogens is 1. The van der Waals surface area contributed by atoms with E-state index in [9.17, 15) is 9.59 Å². The van der Waals surface area contributed by atoms with Crippen LogP contribution >= 0.6 is 11.6 Å². The Morgan fingerprint density at radius 3 is 2.74 bits per heavy atom. The average Bonchev–Trinajstić information content (AvgIpc) is 2.39.